The quantitative estimate of drug-likeness (QED) is 0.458. The summed E-state index contributed by atoms with van der Waals surface area (Å²) in [5, 5.41) is 0.746. The van der Waals surface area contributed by atoms with Gasteiger partial charge < -0.3 is 14.7 Å². The topological polar surface area (TPSA) is 48.4 Å². The maximum Gasteiger partial charge on any atom is 0.228 e. The molecule has 3 aromatic rings. The first-order valence-corrected chi connectivity index (χ1v) is 12.4. The third kappa shape index (κ3) is 4.51. The zero-order chi connectivity index (χ0) is 23.8. The predicted octanol–water partition coefficient (Wildman–Crippen LogP) is 5.69. The normalized spacial score (nSPS) is 20.8. The summed E-state index contributed by atoms with van der Waals surface area (Å²) in [6.45, 7) is 7.54. The van der Waals surface area contributed by atoms with Gasteiger partial charge in [-0.2, -0.15) is 4.98 Å². The lowest BCUT2D eigenvalue weighted by molar-refractivity contribution is 0.628. The van der Waals surface area contributed by atoms with Gasteiger partial charge in [-0.1, -0.05) is 23.2 Å². The molecule has 6 nitrogen and oxygen atoms in total. The number of pyridine rings is 1. The van der Waals surface area contributed by atoms with Gasteiger partial charge in [-0.25, -0.2) is 14.4 Å². The lowest BCUT2D eigenvalue weighted by Crippen LogP contribution is -2.47. The van der Waals surface area contributed by atoms with Crippen molar-refractivity contribution >= 4 is 40.8 Å². The van der Waals surface area contributed by atoms with Crippen molar-refractivity contribution in [3.8, 4) is 11.3 Å². The number of nitrogens with zero attached hydrogens (tertiary/aromatic N) is 6. The van der Waals surface area contributed by atoms with Crippen molar-refractivity contribution in [2.24, 2.45) is 0 Å². The SMILES string of the molecule is CC1CCC(C)N1c1nc(-c2ccc(F)c(Cl)c2)cc(N2CCN(c3ncccc3Cl)CC2)n1. The highest BCUT2D eigenvalue weighted by molar-refractivity contribution is 6.33. The minimum atomic E-state index is -0.439. The molecule has 0 radical (unpaired) electrons. The second kappa shape index (κ2) is 9.55. The standard InChI is InChI=1S/C25H27Cl2FN6/c1-16-5-6-17(2)34(16)25-30-22(18-7-8-21(28)20(27)14-18)15-23(31-25)32-10-12-33(13-11-32)24-19(26)4-3-9-29-24/h3-4,7-9,14-17H,5-6,10-13H2,1-2H3. The molecule has 2 saturated heterocycles. The van der Waals surface area contributed by atoms with Crippen LogP contribution >= 0.6 is 23.2 Å². The molecule has 5 rings (SSSR count). The van der Waals surface area contributed by atoms with Crippen molar-refractivity contribution in [3.63, 3.8) is 0 Å². The molecule has 178 valence electrons. The number of halogens is 3. The molecule has 0 saturated carbocycles. The Morgan fingerprint density at radius 2 is 1.59 bits per heavy atom. The van der Waals surface area contributed by atoms with Crippen molar-refractivity contribution in [2.45, 2.75) is 38.8 Å². The Bertz CT molecular complexity index is 1170. The van der Waals surface area contributed by atoms with E-state index in [0.717, 1.165) is 61.9 Å². The summed E-state index contributed by atoms with van der Waals surface area (Å²) in [5.74, 6) is 1.94. The molecule has 2 aliphatic rings. The second-order valence-electron chi connectivity index (χ2n) is 9.01. The molecule has 9 heteroatoms. The van der Waals surface area contributed by atoms with Crippen LogP contribution in [0.5, 0.6) is 0 Å². The maximum atomic E-state index is 13.8. The van der Waals surface area contributed by atoms with E-state index >= 15 is 0 Å². The Morgan fingerprint density at radius 3 is 2.26 bits per heavy atom. The van der Waals surface area contributed by atoms with Crippen molar-refractivity contribution in [3.05, 3.63) is 58.5 Å². The fourth-order valence-electron chi connectivity index (χ4n) is 4.85. The summed E-state index contributed by atoms with van der Waals surface area (Å²) in [4.78, 5) is 21.1. The highest BCUT2D eigenvalue weighted by Crippen LogP contribution is 2.33. The second-order valence-corrected chi connectivity index (χ2v) is 9.82. The van der Waals surface area contributed by atoms with E-state index in [4.69, 9.17) is 33.2 Å². The summed E-state index contributed by atoms with van der Waals surface area (Å²) in [6.07, 6.45) is 3.98. The van der Waals surface area contributed by atoms with Crippen LogP contribution in [-0.4, -0.2) is 53.2 Å². The molecule has 1 aromatic carbocycles. The minimum absolute atomic E-state index is 0.0861. The number of aromatic nitrogens is 3. The molecular weight excluding hydrogens is 474 g/mol. The van der Waals surface area contributed by atoms with E-state index in [1.54, 1.807) is 18.3 Å². The van der Waals surface area contributed by atoms with E-state index in [-0.39, 0.29) is 5.02 Å². The van der Waals surface area contributed by atoms with Crippen LogP contribution in [0, 0.1) is 5.82 Å². The Labute approximate surface area is 209 Å². The van der Waals surface area contributed by atoms with Crippen molar-refractivity contribution < 1.29 is 4.39 Å². The van der Waals surface area contributed by atoms with E-state index < -0.39 is 5.82 Å². The van der Waals surface area contributed by atoms with Gasteiger partial charge in [-0.3, -0.25) is 0 Å². The molecule has 2 aliphatic heterocycles. The summed E-state index contributed by atoms with van der Waals surface area (Å²) < 4.78 is 13.8. The average Bonchev–Trinajstić information content (AvgIpc) is 3.19. The van der Waals surface area contributed by atoms with Gasteiger partial charge in [0.05, 0.1) is 15.7 Å². The number of benzene rings is 1. The Kier molecular flexibility index (Phi) is 6.49. The van der Waals surface area contributed by atoms with Gasteiger partial charge in [0.25, 0.3) is 0 Å². The molecule has 2 fully saturated rings. The molecule has 0 amide bonds. The number of hydrogen-bond donors (Lipinski definition) is 0. The molecule has 2 atom stereocenters. The lowest BCUT2D eigenvalue weighted by atomic mass is 10.1. The number of anilines is 3. The molecule has 0 N–H and O–H groups in total. The highest BCUT2D eigenvalue weighted by atomic mass is 35.5. The molecule has 4 heterocycles. The maximum absolute atomic E-state index is 13.8. The summed E-state index contributed by atoms with van der Waals surface area (Å²) >= 11 is 12.5. The largest absolute Gasteiger partial charge is 0.353 e. The van der Waals surface area contributed by atoms with Gasteiger partial charge in [0.15, 0.2) is 0 Å². The molecule has 0 spiro atoms. The third-order valence-corrected chi connectivity index (χ3v) is 7.33. The van der Waals surface area contributed by atoms with Crippen molar-refractivity contribution in [1.82, 2.24) is 15.0 Å². The molecular formula is C25H27Cl2FN6. The monoisotopic (exact) mass is 500 g/mol. The van der Waals surface area contributed by atoms with Gasteiger partial charge in [-0.05, 0) is 57.0 Å². The predicted molar refractivity (Wildman–Crippen MR) is 137 cm³/mol. The van der Waals surface area contributed by atoms with Crippen LogP contribution in [0.2, 0.25) is 10.0 Å². The van der Waals surface area contributed by atoms with Gasteiger partial charge in [0.1, 0.15) is 17.5 Å². The lowest BCUT2D eigenvalue weighted by Gasteiger charge is -2.37. The number of hydrogen-bond acceptors (Lipinski definition) is 6. The van der Waals surface area contributed by atoms with Crippen LogP contribution in [0.4, 0.5) is 22.0 Å². The van der Waals surface area contributed by atoms with Crippen LogP contribution in [0.1, 0.15) is 26.7 Å². The van der Waals surface area contributed by atoms with Gasteiger partial charge in [0, 0.05) is 56.1 Å². The smallest absolute Gasteiger partial charge is 0.228 e. The molecule has 2 aromatic heterocycles. The summed E-state index contributed by atoms with van der Waals surface area (Å²) in [5.41, 5.74) is 1.51. The Morgan fingerprint density at radius 1 is 0.882 bits per heavy atom. The molecule has 2 unspecified atom stereocenters. The number of rotatable bonds is 4. The molecule has 34 heavy (non-hydrogen) atoms. The van der Waals surface area contributed by atoms with Crippen molar-refractivity contribution in [1.29, 1.82) is 0 Å². The van der Waals surface area contributed by atoms with Gasteiger partial charge >= 0.3 is 0 Å². The van der Waals surface area contributed by atoms with Gasteiger partial charge in [0.2, 0.25) is 5.95 Å². The first-order valence-electron chi connectivity index (χ1n) is 11.6. The third-order valence-electron chi connectivity index (χ3n) is 6.74. The van der Waals surface area contributed by atoms with E-state index in [1.807, 2.05) is 18.2 Å². The van der Waals surface area contributed by atoms with Crippen molar-refractivity contribution in [2.75, 3.05) is 40.9 Å². The zero-order valence-electron chi connectivity index (χ0n) is 19.3. The first kappa shape index (κ1) is 23.1. The zero-order valence-corrected chi connectivity index (χ0v) is 20.8. The average molecular weight is 501 g/mol. The van der Waals surface area contributed by atoms with Crippen LogP contribution in [0.25, 0.3) is 11.3 Å². The van der Waals surface area contributed by atoms with E-state index in [2.05, 4.69) is 33.5 Å². The van der Waals surface area contributed by atoms with Crippen LogP contribution in [0.3, 0.4) is 0 Å². The first-order chi connectivity index (χ1) is 16.4. The van der Waals surface area contributed by atoms with Gasteiger partial charge in [-0.15, -0.1) is 0 Å². The Hall–Kier alpha value is -2.64. The van der Waals surface area contributed by atoms with E-state index in [0.29, 0.717) is 23.1 Å². The summed E-state index contributed by atoms with van der Waals surface area (Å²) in [6, 6.07) is 11.1. The van der Waals surface area contributed by atoms with E-state index in [9.17, 15) is 4.39 Å². The van der Waals surface area contributed by atoms with Crippen LogP contribution in [0.15, 0.2) is 42.6 Å². The Balaban J connectivity index is 1.47. The highest BCUT2D eigenvalue weighted by Gasteiger charge is 2.31. The van der Waals surface area contributed by atoms with E-state index in [1.165, 1.54) is 6.07 Å². The molecule has 0 aliphatic carbocycles. The van der Waals surface area contributed by atoms with Crippen LogP contribution < -0.4 is 14.7 Å². The minimum Gasteiger partial charge on any atom is -0.353 e. The fraction of sp³-hybridized carbons (Fsp3) is 0.400. The van der Waals surface area contributed by atoms with Crippen LogP contribution in [-0.2, 0) is 0 Å². The fourth-order valence-corrected chi connectivity index (χ4v) is 5.27. The molecule has 0 bridgehead atoms. The number of piperazine rings is 1. The summed E-state index contributed by atoms with van der Waals surface area (Å²) in [7, 11) is 0.